The van der Waals surface area contributed by atoms with Gasteiger partial charge in [0, 0.05) is 19.1 Å². The molecule has 0 aliphatic carbocycles. The summed E-state index contributed by atoms with van der Waals surface area (Å²) in [7, 11) is 0. The Morgan fingerprint density at radius 2 is 1.37 bits per heavy atom. The number of nitrogens with zero attached hydrogens (tertiary/aromatic N) is 7. The second-order valence-electron chi connectivity index (χ2n) is 5.67. The molecule has 0 fully saturated rings. The fraction of sp³-hybridized carbons (Fsp3) is 0.462. The fourth-order valence-corrected chi connectivity index (χ4v) is 2.08. The van der Waals surface area contributed by atoms with Gasteiger partial charge in [-0.15, -0.1) is 10.0 Å². The number of non-ortho nitro benzene ring substituents is 1. The molecule has 0 amide bonds. The molecule has 17 nitrogen and oxygen atoms in total. The fourth-order valence-electron chi connectivity index (χ4n) is 2.08. The number of esters is 1. The van der Waals surface area contributed by atoms with E-state index >= 15 is 0 Å². The number of hydrogen-bond donors (Lipinski definition) is 0. The first-order valence-corrected chi connectivity index (χ1v) is 8.05. The molecule has 0 saturated heterocycles. The SMILES string of the molecule is CC(=O)OCN(CN(CCN(Cc1ccc([N+](=O)[O-])cc1)[N+](=O)[O-])[N+](=O)[O-])[N+](=O)[O-]. The Hall–Kier alpha value is -4.31. The Morgan fingerprint density at radius 1 is 0.867 bits per heavy atom. The third-order valence-corrected chi connectivity index (χ3v) is 3.56. The van der Waals surface area contributed by atoms with Gasteiger partial charge in [0.15, 0.2) is 15.1 Å². The van der Waals surface area contributed by atoms with Crippen molar-refractivity contribution < 1.29 is 29.6 Å². The lowest BCUT2D eigenvalue weighted by atomic mass is 10.2. The van der Waals surface area contributed by atoms with Gasteiger partial charge in [0.05, 0.1) is 4.92 Å². The Labute approximate surface area is 167 Å². The monoisotopic (exact) mass is 431 g/mol. The first-order chi connectivity index (χ1) is 14.0. The predicted octanol–water partition coefficient (Wildman–Crippen LogP) is 0.0540. The van der Waals surface area contributed by atoms with Crippen LogP contribution in [0.1, 0.15) is 12.5 Å². The van der Waals surface area contributed by atoms with Crippen LogP contribution in [-0.2, 0) is 16.1 Å². The number of rotatable bonds is 13. The maximum absolute atomic E-state index is 11.2. The van der Waals surface area contributed by atoms with Crippen molar-refractivity contribution in [1.29, 1.82) is 0 Å². The van der Waals surface area contributed by atoms with Gasteiger partial charge >= 0.3 is 5.97 Å². The zero-order valence-electron chi connectivity index (χ0n) is 15.6. The molecular weight excluding hydrogens is 414 g/mol. The van der Waals surface area contributed by atoms with Gasteiger partial charge in [0.2, 0.25) is 13.4 Å². The minimum absolute atomic E-state index is 0.210. The smallest absolute Gasteiger partial charge is 0.304 e. The van der Waals surface area contributed by atoms with Crippen LogP contribution in [0.3, 0.4) is 0 Å². The van der Waals surface area contributed by atoms with Crippen molar-refractivity contribution in [1.82, 2.24) is 15.0 Å². The van der Waals surface area contributed by atoms with Crippen LogP contribution in [-0.4, -0.2) is 67.5 Å². The molecule has 0 saturated carbocycles. The van der Waals surface area contributed by atoms with Crippen molar-refractivity contribution in [2.24, 2.45) is 0 Å². The molecule has 0 N–H and O–H groups in total. The van der Waals surface area contributed by atoms with Crippen LogP contribution < -0.4 is 0 Å². The molecule has 1 rings (SSSR count). The average molecular weight is 431 g/mol. The van der Waals surface area contributed by atoms with Crippen molar-refractivity contribution in [2.45, 2.75) is 13.5 Å². The van der Waals surface area contributed by atoms with E-state index in [2.05, 4.69) is 4.74 Å². The number of carbonyl (C=O) groups is 1. The summed E-state index contributed by atoms with van der Waals surface area (Å²) in [6.07, 6.45) is 0. The zero-order valence-corrected chi connectivity index (χ0v) is 15.6. The number of benzene rings is 1. The highest BCUT2D eigenvalue weighted by Crippen LogP contribution is 2.13. The lowest BCUT2D eigenvalue weighted by Gasteiger charge is -2.20. The van der Waals surface area contributed by atoms with Crippen molar-refractivity contribution >= 4 is 11.7 Å². The number of hydrazine groups is 3. The quantitative estimate of drug-likeness (QED) is 0.175. The van der Waals surface area contributed by atoms with Gasteiger partial charge in [-0.05, 0) is 5.56 Å². The molecule has 30 heavy (non-hydrogen) atoms. The van der Waals surface area contributed by atoms with E-state index in [1.165, 1.54) is 12.1 Å². The molecule has 1 aromatic carbocycles. The van der Waals surface area contributed by atoms with Crippen molar-refractivity contribution in [3.63, 3.8) is 0 Å². The summed E-state index contributed by atoms with van der Waals surface area (Å²) in [6.45, 7) is -2.15. The highest BCUT2D eigenvalue weighted by Gasteiger charge is 2.28. The van der Waals surface area contributed by atoms with E-state index in [-0.39, 0.29) is 17.2 Å². The van der Waals surface area contributed by atoms with Gasteiger partial charge in [-0.25, -0.2) is 30.3 Å². The molecule has 0 atom stereocenters. The second-order valence-corrected chi connectivity index (χ2v) is 5.67. The van der Waals surface area contributed by atoms with Crippen LogP contribution in [0, 0.1) is 40.5 Å². The van der Waals surface area contributed by atoms with Crippen molar-refractivity contribution in [2.75, 3.05) is 26.5 Å². The maximum atomic E-state index is 11.2. The molecule has 0 bridgehead atoms. The minimum atomic E-state index is -1.01. The minimum Gasteiger partial charge on any atom is -0.439 e. The van der Waals surface area contributed by atoms with Crippen LogP contribution >= 0.6 is 0 Å². The number of carbonyl (C=O) groups excluding carboxylic acids is 1. The van der Waals surface area contributed by atoms with E-state index in [1.807, 2.05) is 0 Å². The molecule has 0 heterocycles. The molecule has 0 aliphatic rings. The van der Waals surface area contributed by atoms with Crippen LogP contribution in [0.5, 0.6) is 0 Å². The predicted molar refractivity (Wildman–Crippen MR) is 94.5 cm³/mol. The first kappa shape index (κ1) is 23.7. The summed E-state index contributed by atoms with van der Waals surface area (Å²) in [5.41, 5.74) is 0.130. The van der Waals surface area contributed by atoms with Gasteiger partial charge in [0.25, 0.3) is 5.69 Å². The summed E-state index contributed by atoms with van der Waals surface area (Å²) in [4.78, 5) is 54.1. The lowest BCUT2D eigenvalue weighted by molar-refractivity contribution is -0.718. The van der Waals surface area contributed by atoms with Gasteiger partial charge in [-0.2, -0.15) is 0 Å². The topological polar surface area (TPSA) is 209 Å². The number of hydrogen-bond acceptors (Lipinski definition) is 10. The third kappa shape index (κ3) is 7.74. The van der Waals surface area contributed by atoms with E-state index in [0.717, 1.165) is 19.1 Å². The van der Waals surface area contributed by atoms with Crippen LogP contribution in [0.2, 0.25) is 0 Å². The molecule has 0 spiro atoms. The molecule has 0 aliphatic heterocycles. The molecule has 164 valence electrons. The number of nitro benzene ring substituents is 1. The van der Waals surface area contributed by atoms with Gasteiger partial charge in [0.1, 0.15) is 19.6 Å². The van der Waals surface area contributed by atoms with Crippen LogP contribution in [0.25, 0.3) is 0 Å². The standard InChI is InChI=1S/C13H17N7O10/c1-11(21)30-10-16(20(28)29)9-15(19(26)27)7-6-14(18(24)25)8-12-2-4-13(5-3-12)17(22)23/h2-5H,6-10H2,1H3. The molecule has 1 aromatic rings. The van der Waals surface area contributed by atoms with Gasteiger partial charge in [-0.1, -0.05) is 17.1 Å². The lowest BCUT2D eigenvalue weighted by Crippen LogP contribution is -2.48. The molecular formula is C13H17N7O10. The summed E-state index contributed by atoms with van der Waals surface area (Å²) in [5, 5.41) is 42.4. The Balaban J connectivity index is 2.79. The molecule has 0 radical (unpaired) electrons. The summed E-state index contributed by atoms with van der Waals surface area (Å²) < 4.78 is 4.44. The molecule has 0 unspecified atom stereocenters. The van der Waals surface area contributed by atoms with E-state index < -0.39 is 52.5 Å². The van der Waals surface area contributed by atoms with E-state index in [4.69, 9.17) is 0 Å². The highest BCUT2D eigenvalue weighted by atomic mass is 16.7. The zero-order chi connectivity index (χ0) is 22.8. The van der Waals surface area contributed by atoms with E-state index in [1.54, 1.807) is 0 Å². The molecule has 17 heteroatoms. The maximum Gasteiger partial charge on any atom is 0.304 e. The third-order valence-electron chi connectivity index (χ3n) is 3.56. The summed E-state index contributed by atoms with van der Waals surface area (Å²) >= 11 is 0. The largest absolute Gasteiger partial charge is 0.439 e. The second kappa shape index (κ2) is 10.9. The van der Waals surface area contributed by atoms with E-state index in [9.17, 15) is 45.3 Å². The van der Waals surface area contributed by atoms with Crippen molar-refractivity contribution in [3.05, 3.63) is 70.3 Å². The van der Waals surface area contributed by atoms with E-state index in [0.29, 0.717) is 15.6 Å². The highest BCUT2D eigenvalue weighted by molar-refractivity contribution is 5.65. The average Bonchev–Trinajstić information content (AvgIpc) is 2.65. The van der Waals surface area contributed by atoms with Crippen molar-refractivity contribution in [3.8, 4) is 0 Å². The van der Waals surface area contributed by atoms with Gasteiger partial charge in [-0.3, -0.25) is 14.9 Å². The Bertz CT molecular complexity index is 802. The number of nitro groups is 4. The van der Waals surface area contributed by atoms with Crippen LogP contribution in [0.15, 0.2) is 24.3 Å². The number of ether oxygens (including phenoxy) is 1. The van der Waals surface area contributed by atoms with Crippen LogP contribution in [0.4, 0.5) is 5.69 Å². The van der Waals surface area contributed by atoms with Gasteiger partial charge < -0.3 is 4.74 Å². The summed E-state index contributed by atoms with van der Waals surface area (Å²) in [6, 6.07) is 4.91. The first-order valence-electron chi connectivity index (χ1n) is 8.05. The Morgan fingerprint density at radius 3 is 1.80 bits per heavy atom. The Kier molecular flexibility index (Phi) is 8.60. The normalized spacial score (nSPS) is 10.0. The summed E-state index contributed by atoms with van der Waals surface area (Å²) in [5.74, 6) is -0.836. The molecule has 0 aromatic heterocycles.